The molecule has 132 valence electrons. The molecule has 2 aromatic heterocycles. The number of aryl methyl sites for hydroxylation is 1. The van der Waals surface area contributed by atoms with Crippen molar-refractivity contribution in [3.63, 3.8) is 0 Å². The maximum atomic E-state index is 12.3. The zero-order valence-electron chi connectivity index (χ0n) is 14.7. The molecule has 0 saturated heterocycles. The number of carbonyl (C=O) groups is 1. The monoisotopic (exact) mass is 355 g/mol. The zero-order valence-corrected chi connectivity index (χ0v) is 14.7. The summed E-state index contributed by atoms with van der Waals surface area (Å²) >= 11 is 0. The van der Waals surface area contributed by atoms with Crippen LogP contribution in [0.15, 0.2) is 66.9 Å². The van der Waals surface area contributed by atoms with Gasteiger partial charge in [-0.3, -0.25) is 14.9 Å². The molecule has 27 heavy (non-hydrogen) atoms. The summed E-state index contributed by atoms with van der Waals surface area (Å²) in [4.78, 5) is 21.0. The van der Waals surface area contributed by atoms with Crippen molar-refractivity contribution < 1.29 is 4.79 Å². The van der Waals surface area contributed by atoms with Crippen LogP contribution in [0, 0.1) is 6.92 Å². The van der Waals surface area contributed by atoms with Crippen molar-refractivity contribution >= 4 is 28.6 Å². The second-order valence-electron chi connectivity index (χ2n) is 6.07. The summed E-state index contributed by atoms with van der Waals surface area (Å²) in [6, 6.07) is 17.2. The van der Waals surface area contributed by atoms with E-state index in [-0.39, 0.29) is 5.91 Å². The minimum absolute atomic E-state index is 0.216. The fraction of sp³-hybridized carbons (Fsp3) is 0.0476. The van der Waals surface area contributed by atoms with Crippen LogP contribution in [-0.2, 0) is 4.79 Å². The van der Waals surface area contributed by atoms with E-state index in [1.54, 1.807) is 12.3 Å². The van der Waals surface area contributed by atoms with Crippen molar-refractivity contribution in [2.45, 2.75) is 6.92 Å². The number of benzene rings is 2. The number of anilines is 1. The summed E-state index contributed by atoms with van der Waals surface area (Å²) in [5, 5.41) is 10.9. The topological polar surface area (TPSA) is 83.6 Å². The lowest BCUT2D eigenvalue weighted by Gasteiger charge is -2.04. The van der Waals surface area contributed by atoms with Crippen molar-refractivity contribution in [2.75, 3.05) is 5.32 Å². The lowest BCUT2D eigenvalue weighted by Crippen LogP contribution is -2.07. The van der Waals surface area contributed by atoms with Crippen LogP contribution in [0.2, 0.25) is 0 Å². The Balaban J connectivity index is 1.52. The predicted molar refractivity (Wildman–Crippen MR) is 106 cm³/mol. The Morgan fingerprint density at radius 2 is 1.96 bits per heavy atom. The zero-order chi connectivity index (χ0) is 18.6. The fourth-order valence-corrected chi connectivity index (χ4v) is 2.82. The molecule has 0 aliphatic carbocycles. The van der Waals surface area contributed by atoms with E-state index in [0.717, 1.165) is 27.9 Å². The molecule has 0 atom stereocenters. The molecule has 1 amide bonds. The van der Waals surface area contributed by atoms with Crippen molar-refractivity contribution in [1.29, 1.82) is 0 Å². The number of aromatic amines is 1. The average molecular weight is 355 g/mol. The quantitative estimate of drug-likeness (QED) is 0.542. The van der Waals surface area contributed by atoms with Gasteiger partial charge in [-0.1, -0.05) is 36.4 Å². The highest BCUT2D eigenvalue weighted by atomic mass is 16.1. The third-order valence-electron chi connectivity index (χ3n) is 4.06. The van der Waals surface area contributed by atoms with Gasteiger partial charge in [-0.15, -0.1) is 0 Å². The number of pyridine rings is 1. The fourth-order valence-electron chi connectivity index (χ4n) is 2.82. The van der Waals surface area contributed by atoms with Crippen molar-refractivity contribution in [1.82, 2.24) is 20.2 Å². The van der Waals surface area contributed by atoms with Gasteiger partial charge >= 0.3 is 0 Å². The van der Waals surface area contributed by atoms with Gasteiger partial charge in [0.05, 0.1) is 5.52 Å². The van der Waals surface area contributed by atoms with Crippen LogP contribution in [0.5, 0.6) is 0 Å². The Kier molecular flexibility index (Phi) is 4.45. The second kappa shape index (κ2) is 7.21. The standard InChI is InChI=1S/C21H17N5O/c1-14-23-21(26-25-14)17-7-3-9-18(13-17)24-19(27)11-10-16-6-2-5-15-8-4-12-22-20(15)16/h2-13H,1H3,(H,24,27)(H,23,25,26). The summed E-state index contributed by atoms with van der Waals surface area (Å²) in [7, 11) is 0. The van der Waals surface area contributed by atoms with Gasteiger partial charge in [0.25, 0.3) is 0 Å². The highest BCUT2D eigenvalue weighted by Gasteiger charge is 2.06. The van der Waals surface area contributed by atoms with Crippen LogP contribution in [0.3, 0.4) is 0 Å². The normalized spacial score (nSPS) is 11.1. The number of hydrogen-bond donors (Lipinski definition) is 2. The molecule has 0 aliphatic heterocycles. The molecule has 0 aliphatic rings. The third kappa shape index (κ3) is 3.74. The van der Waals surface area contributed by atoms with E-state index in [9.17, 15) is 4.79 Å². The van der Waals surface area contributed by atoms with Crippen LogP contribution in [-0.4, -0.2) is 26.1 Å². The van der Waals surface area contributed by atoms with E-state index in [4.69, 9.17) is 0 Å². The number of aromatic nitrogens is 4. The summed E-state index contributed by atoms with van der Waals surface area (Å²) in [5.74, 6) is 1.12. The maximum absolute atomic E-state index is 12.3. The first-order valence-electron chi connectivity index (χ1n) is 8.51. The lowest BCUT2D eigenvalue weighted by molar-refractivity contribution is -0.111. The Labute approximate surface area is 156 Å². The van der Waals surface area contributed by atoms with Crippen LogP contribution < -0.4 is 5.32 Å². The van der Waals surface area contributed by atoms with Crippen LogP contribution in [0.1, 0.15) is 11.4 Å². The molecule has 2 N–H and O–H groups in total. The summed E-state index contributed by atoms with van der Waals surface area (Å²) in [6.45, 7) is 1.84. The Bertz CT molecular complexity index is 1140. The highest BCUT2D eigenvalue weighted by Crippen LogP contribution is 2.20. The van der Waals surface area contributed by atoms with Gasteiger partial charge in [-0.2, -0.15) is 5.10 Å². The molecule has 0 spiro atoms. The molecule has 0 unspecified atom stereocenters. The van der Waals surface area contributed by atoms with Crippen LogP contribution in [0.4, 0.5) is 5.69 Å². The Morgan fingerprint density at radius 1 is 1.11 bits per heavy atom. The number of rotatable bonds is 4. The Hall–Kier alpha value is -3.80. The molecular formula is C21H17N5O. The maximum Gasteiger partial charge on any atom is 0.248 e. The number of H-pyrrole nitrogens is 1. The minimum Gasteiger partial charge on any atom is -0.322 e. The first-order chi connectivity index (χ1) is 13.2. The van der Waals surface area contributed by atoms with Gasteiger partial charge in [-0.05, 0) is 31.2 Å². The van der Waals surface area contributed by atoms with Gasteiger partial charge in [0.1, 0.15) is 5.82 Å². The molecule has 0 saturated carbocycles. The largest absolute Gasteiger partial charge is 0.322 e. The van der Waals surface area contributed by atoms with Crippen molar-refractivity contribution in [2.24, 2.45) is 0 Å². The molecule has 0 radical (unpaired) electrons. The van der Waals surface area contributed by atoms with Crippen molar-refractivity contribution in [3.8, 4) is 11.4 Å². The molecule has 2 aromatic carbocycles. The van der Waals surface area contributed by atoms with Crippen molar-refractivity contribution in [3.05, 3.63) is 78.3 Å². The first-order valence-corrected chi connectivity index (χ1v) is 8.51. The number of amides is 1. The second-order valence-corrected chi connectivity index (χ2v) is 6.07. The molecule has 0 bridgehead atoms. The molecule has 6 nitrogen and oxygen atoms in total. The molecule has 2 heterocycles. The molecule has 0 fully saturated rings. The highest BCUT2D eigenvalue weighted by molar-refractivity contribution is 6.03. The summed E-state index contributed by atoms with van der Waals surface area (Å²) in [6.07, 6.45) is 5.02. The van der Waals surface area contributed by atoms with E-state index in [1.165, 1.54) is 6.08 Å². The molecule has 4 aromatic rings. The van der Waals surface area contributed by atoms with E-state index in [2.05, 4.69) is 25.5 Å². The van der Waals surface area contributed by atoms with E-state index in [0.29, 0.717) is 11.5 Å². The van der Waals surface area contributed by atoms with E-state index in [1.807, 2.05) is 61.5 Å². The summed E-state index contributed by atoms with van der Waals surface area (Å²) < 4.78 is 0. The number of carbonyl (C=O) groups excluding carboxylic acids is 1. The molecule has 4 rings (SSSR count). The van der Waals surface area contributed by atoms with Gasteiger partial charge in [0.2, 0.25) is 5.91 Å². The van der Waals surface area contributed by atoms with Crippen LogP contribution in [0.25, 0.3) is 28.4 Å². The smallest absolute Gasteiger partial charge is 0.248 e. The van der Waals surface area contributed by atoms with Gasteiger partial charge in [-0.25, -0.2) is 4.98 Å². The average Bonchev–Trinajstić information content (AvgIpc) is 3.13. The van der Waals surface area contributed by atoms with Crippen LogP contribution >= 0.6 is 0 Å². The van der Waals surface area contributed by atoms with E-state index < -0.39 is 0 Å². The Morgan fingerprint density at radius 3 is 2.81 bits per heavy atom. The predicted octanol–water partition coefficient (Wildman–Crippen LogP) is 3.98. The minimum atomic E-state index is -0.216. The number of nitrogens with zero attached hydrogens (tertiary/aromatic N) is 3. The van der Waals surface area contributed by atoms with Gasteiger partial charge in [0, 0.05) is 34.5 Å². The number of nitrogens with one attached hydrogen (secondary N) is 2. The molecular weight excluding hydrogens is 338 g/mol. The van der Waals surface area contributed by atoms with Gasteiger partial charge < -0.3 is 5.32 Å². The number of fused-ring (bicyclic) bond motifs is 1. The summed E-state index contributed by atoms with van der Waals surface area (Å²) in [5.41, 5.74) is 3.28. The third-order valence-corrected chi connectivity index (χ3v) is 4.06. The number of para-hydroxylation sites is 1. The SMILES string of the molecule is Cc1nc(-c2cccc(NC(=O)C=Cc3cccc4cccnc34)c2)n[nH]1. The van der Waals surface area contributed by atoms with E-state index >= 15 is 0 Å². The number of hydrogen-bond acceptors (Lipinski definition) is 4. The lowest BCUT2D eigenvalue weighted by atomic mass is 10.1. The van der Waals surface area contributed by atoms with Gasteiger partial charge in [0.15, 0.2) is 5.82 Å². The molecule has 6 heteroatoms. The first kappa shape index (κ1) is 16.7.